The maximum atomic E-state index is 12.5. The minimum atomic E-state index is 0.110. The molecule has 1 aliphatic carbocycles. The van der Waals surface area contributed by atoms with Crippen molar-refractivity contribution in [2.45, 2.75) is 45.6 Å². The Balaban J connectivity index is 2.26. The number of hydrogen-bond acceptors (Lipinski definition) is 1. The van der Waals surface area contributed by atoms with Crippen molar-refractivity contribution in [2.75, 3.05) is 0 Å². The maximum Gasteiger partial charge on any atom is 0.251 e. The lowest BCUT2D eigenvalue weighted by atomic mass is 10.0. The normalized spacial score (nSPS) is 13.4. The second-order valence-electron chi connectivity index (χ2n) is 5.67. The number of unbranched alkanes of at least 4 members (excludes halogenated alkanes) is 1. The number of aryl methyl sites for hydroxylation is 1. The molecule has 0 fully saturated rings. The molecular weight excluding hydrogens is 282 g/mol. The van der Waals surface area contributed by atoms with Crippen molar-refractivity contribution in [3.05, 3.63) is 56.8 Å². The summed E-state index contributed by atoms with van der Waals surface area (Å²) in [5, 5.41) is 0.724. The van der Waals surface area contributed by atoms with Crippen molar-refractivity contribution >= 4 is 11.6 Å². The van der Waals surface area contributed by atoms with Gasteiger partial charge in [-0.25, -0.2) is 0 Å². The molecule has 1 heterocycles. The third-order valence-electron chi connectivity index (χ3n) is 4.24. The van der Waals surface area contributed by atoms with Crippen LogP contribution < -0.4 is 5.56 Å². The molecule has 0 saturated carbocycles. The highest BCUT2D eigenvalue weighted by Crippen LogP contribution is 2.35. The number of aromatic nitrogens is 1. The quantitative estimate of drug-likeness (QED) is 0.817. The van der Waals surface area contributed by atoms with Gasteiger partial charge in [0.25, 0.3) is 5.56 Å². The van der Waals surface area contributed by atoms with Crippen LogP contribution in [0.25, 0.3) is 11.3 Å². The molecule has 0 saturated heterocycles. The molecule has 2 nitrogen and oxygen atoms in total. The van der Waals surface area contributed by atoms with E-state index in [1.807, 2.05) is 34.9 Å². The molecule has 1 aliphatic rings. The minimum Gasteiger partial charge on any atom is -0.308 e. The van der Waals surface area contributed by atoms with Crippen molar-refractivity contribution in [2.24, 2.45) is 0 Å². The number of pyridine rings is 1. The van der Waals surface area contributed by atoms with Crippen molar-refractivity contribution in [1.82, 2.24) is 4.57 Å². The van der Waals surface area contributed by atoms with Gasteiger partial charge in [0, 0.05) is 23.2 Å². The highest BCUT2D eigenvalue weighted by Gasteiger charge is 2.21. The molecule has 110 valence electrons. The molecular formula is C18H20ClNO. The van der Waals surface area contributed by atoms with Crippen LogP contribution in [0.4, 0.5) is 0 Å². The van der Waals surface area contributed by atoms with Crippen LogP contribution >= 0.6 is 11.6 Å². The van der Waals surface area contributed by atoms with Gasteiger partial charge in [0.05, 0.1) is 5.69 Å². The van der Waals surface area contributed by atoms with Crippen LogP contribution in [0.15, 0.2) is 35.1 Å². The molecule has 1 aromatic carbocycles. The first kappa shape index (κ1) is 14.4. The van der Waals surface area contributed by atoms with Gasteiger partial charge in [-0.3, -0.25) is 4.79 Å². The minimum absolute atomic E-state index is 0.110. The van der Waals surface area contributed by atoms with Crippen LogP contribution in [0.1, 0.15) is 37.3 Å². The van der Waals surface area contributed by atoms with E-state index >= 15 is 0 Å². The number of hydrogen-bond donors (Lipinski definition) is 0. The number of halogens is 1. The smallest absolute Gasteiger partial charge is 0.251 e. The van der Waals surface area contributed by atoms with E-state index in [0.29, 0.717) is 0 Å². The standard InChI is InChI=1S/C18H20ClNO/c1-2-3-11-20-17(21)12-13-7-6-9-14(13)18(20)15-8-4-5-10-16(15)19/h4-5,8,10,12H,2-3,6-7,9,11H2,1H3. The van der Waals surface area contributed by atoms with Crippen molar-refractivity contribution in [3.8, 4) is 11.3 Å². The van der Waals surface area contributed by atoms with Gasteiger partial charge in [0.15, 0.2) is 0 Å². The van der Waals surface area contributed by atoms with Gasteiger partial charge >= 0.3 is 0 Å². The van der Waals surface area contributed by atoms with E-state index < -0.39 is 0 Å². The first-order valence-corrected chi connectivity index (χ1v) is 8.10. The van der Waals surface area contributed by atoms with Crippen LogP contribution in [0.3, 0.4) is 0 Å². The summed E-state index contributed by atoms with van der Waals surface area (Å²) in [4.78, 5) is 12.5. The molecule has 0 amide bonds. The van der Waals surface area contributed by atoms with E-state index in [4.69, 9.17) is 11.6 Å². The Kier molecular flexibility index (Phi) is 4.16. The van der Waals surface area contributed by atoms with Crippen LogP contribution in [0.2, 0.25) is 5.02 Å². The molecule has 0 spiro atoms. The van der Waals surface area contributed by atoms with Gasteiger partial charge in [-0.1, -0.05) is 43.1 Å². The molecule has 0 N–H and O–H groups in total. The van der Waals surface area contributed by atoms with Gasteiger partial charge in [-0.05, 0) is 42.9 Å². The predicted molar refractivity (Wildman–Crippen MR) is 88.1 cm³/mol. The molecule has 1 aromatic heterocycles. The fraction of sp³-hybridized carbons (Fsp3) is 0.389. The topological polar surface area (TPSA) is 22.0 Å². The molecule has 0 aliphatic heterocycles. The fourth-order valence-corrected chi connectivity index (χ4v) is 3.42. The van der Waals surface area contributed by atoms with Gasteiger partial charge in [0.1, 0.15) is 0 Å². The zero-order valence-electron chi connectivity index (χ0n) is 12.4. The lowest BCUT2D eigenvalue weighted by molar-refractivity contribution is 0.616. The van der Waals surface area contributed by atoms with E-state index in [-0.39, 0.29) is 5.56 Å². The van der Waals surface area contributed by atoms with Gasteiger partial charge in [-0.2, -0.15) is 0 Å². The zero-order chi connectivity index (χ0) is 14.8. The highest BCUT2D eigenvalue weighted by atomic mass is 35.5. The van der Waals surface area contributed by atoms with Gasteiger partial charge in [0.2, 0.25) is 0 Å². The molecule has 2 aromatic rings. The molecule has 3 rings (SSSR count). The van der Waals surface area contributed by atoms with E-state index in [1.165, 1.54) is 11.1 Å². The van der Waals surface area contributed by atoms with Crippen LogP contribution in [0, 0.1) is 0 Å². The van der Waals surface area contributed by atoms with Gasteiger partial charge < -0.3 is 4.57 Å². The Bertz CT molecular complexity index is 718. The average Bonchev–Trinajstić information content (AvgIpc) is 2.93. The van der Waals surface area contributed by atoms with Crippen molar-refractivity contribution < 1.29 is 0 Å². The summed E-state index contributed by atoms with van der Waals surface area (Å²) in [7, 11) is 0. The number of nitrogens with zero attached hydrogens (tertiary/aromatic N) is 1. The second-order valence-corrected chi connectivity index (χ2v) is 6.08. The van der Waals surface area contributed by atoms with E-state index in [9.17, 15) is 4.79 Å². The Morgan fingerprint density at radius 2 is 2.05 bits per heavy atom. The molecule has 0 atom stereocenters. The van der Waals surface area contributed by atoms with E-state index in [2.05, 4.69) is 6.92 Å². The molecule has 0 radical (unpaired) electrons. The first-order chi connectivity index (χ1) is 10.2. The Hall–Kier alpha value is -1.54. The van der Waals surface area contributed by atoms with Crippen LogP contribution in [0.5, 0.6) is 0 Å². The summed E-state index contributed by atoms with van der Waals surface area (Å²) in [5.41, 5.74) is 4.68. The number of rotatable bonds is 4. The Labute approximate surface area is 130 Å². The lowest BCUT2D eigenvalue weighted by Gasteiger charge is -2.18. The van der Waals surface area contributed by atoms with E-state index in [0.717, 1.165) is 54.9 Å². The average molecular weight is 302 g/mol. The molecule has 0 bridgehead atoms. The van der Waals surface area contributed by atoms with Crippen molar-refractivity contribution in [3.63, 3.8) is 0 Å². The summed E-state index contributed by atoms with van der Waals surface area (Å²) in [6.45, 7) is 2.91. The summed E-state index contributed by atoms with van der Waals surface area (Å²) in [6.07, 6.45) is 5.27. The second kappa shape index (κ2) is 6.07. The number of fused-ring (bicyclic) bond motifs is 1. The lowest BCUT2D eigenvalue weighted by Crippen LogP contribution is -2.23. The summed E-state index contributed by atoms with van der Waals surface area (Å²) >= 11 is 6.40. The molecule has 21 heavy (non-hydrogen) atoms. The fourth-order valence-electron chi connectivity index (χ4n) is 3.20. The monoisotopic (exact) mass is 301 g/mol. The largest absolute Gasteiger partial charge is 0.308 e. The van der Waals surface area contributed by atoms with Crippen LogP contribution in [-0.2, 0) is 19.4 Å². The summed E-state index contributed by atoms with van der Waals surface area (Å²) in [6, 6.07) is 9.68. The highest BCUT2D eigenvalue weighted by molar-refractivity contribution is 6.33. The number of benzene rings is 1. The Morgan fingerprint density at radius 1 is 1.24 bits per heavy atom. The van der Waals surface area contributed by atoms with Crippen molar-refractivity contribution in [1.29, 1.82) is 0 Å². The SMILES string of the molecule is CCCCn1c(-c2ccccc2Cl)c2c(cc1=O)CCC2. The zero-order valence-corrected chi connectivity index (χ0v) is 13.1. The maximum absolute atomic E-state index is 12.5. The molecule has 0 unspecified atom stereocenters. The Morgan fingerprint density at radius 3 is 2.81 bits per heavy atom. The van der Waals surface area contributed by atoms with Gasteiger partial charge in [-0.15, -0.1) is 0 Å². The summed E-state index contributed by atoms with van der Waals surface area (Å²) in [5.74, 6) is 0. The van der Waals surface area contributed by atoms with E-state index in [1.54, 1.807) is 0 Å². The predicted octanol–water partition coefficient (Wildman–Crippen LogP) is 4.46. The summed E-state index contributed by atoms with van der Waals surface area (Å²) < 4.78 is 1.93. The van der Waals surface area contributed by atoms with Crippen LogP contribution in [-0.4, -0.2) is 4.57 Å². The first-order valence-electron chi connectivity index (χ1n) is 7.73. The third-order valence-corrected chi connectivity index (χ3v) is 4.57. The molecule has 3 heteroatoms. The third kappa shape index (κ3) is 2.65.